The third kappa shape index (κ3) is 540. The van der Waals surface area contributed by atoms with Crippen LogP contribution >= 0.6 is 0 Å². The van der Waals surface area contributed by atoms with Gasteiger partial charge < -0.3 is 0 Å². The van der Waals surface area contributed by atoms with E-state index in [4.69, 9.17) is 10.5 Å². The zero-order valence-corrected chi connectivity index (χ0v) is 6.62. The predicted molar refractivity (Wildman–Crippen MR) is 22.6 cm³/mol. The fourth-order valence-corrected chi connectivity index (χ4v) is 0. The van der Waals surface area contributed by atoms with Crippen LogP contribution in [0, 0.1) is 22.7 Å². The second-order valence-corrected chi connectivity index (χ2v) is 0.447. The molecule has 0 fully saturated rings. The van der Waals surface area contributed by atoms with Crippen LogP contribution in [-0.2, 0) is 20.1 Å². The molecule has 0 aliphatic carbocycles. The van der Waals surface area contributed by atoms with Crippen LogP contribution in [0.2, 0.25) is 0 Å². The van der Waals surface area contributed by atoms with E-state index in [1.807, 2.05) is 0 Å². The molecular formula is C4H6IrN2. The molecule has 0 saturated carbocycles. The van der Waals surface area contributed by atoms with Crippen molar-refractivity contribution in [2.75, 3.05) is 0 Å². The van der Waals surface area contributed by atoms with E-state index in [1.165, 1.54) is 13.8 Å². The molecule has 0 aromatic rings. The molecule has 0 aromatic carbocycles. The minimum absolute atomic E-state index is 0. The Morgan fingerprint density at radius 1 is 1.00 bits per heavy atom. The third-order valence-corrected chi connectivity index (χ3v) is 0. The van der Waals surface area contributed by atoms with Crippen LogP contribution in [0.1, 0.15) is 13.8 Å². The van der Waals surface area contributed by atoms with Gasteiger partial charge in [0.15, 0.2) is 0 Å². The maximum absolute atomic E-state index is 7.32. The van der Waals surface area contributed by atoms with Crippen molar-refractivity contribution in [3.05, 3.63) is 0 Å². The Bertz CT molecular complexity index is 64.7. The summed E-state index contributed by atoms with van der Waals surface area (Å²) in [4.78, 5) is 0. The molecule has 0 amide bonds. The van der Waals surface area contributed by atoms with Gasteiger partial charge in [0.25, 0.3) is 0 Å². The van der Waals surface area contributed by atoms with Gasteiger partial charge in [-0.05, 0) is 0 Å². The molecular weight excluding hydrogens is 268 g/mol. The Balaban J connectivity index is -0.0000000400. The number of nitrogens with zero attached hydrogens (tertiary/aromatic N) is 2. The van der Waals surface area contributed by atoms with E-state index in [9.17, 15) is 0 Å². The Morgan fingerprint density at radius 3 is 1.00 bits per heavy atom. The van der Waals surface area contributed by atoms with Gasteiger partial charge in [0, 0.05) is 34.0 Å². The number of hydrogen-bond acceptors (Lipinski definition) is 2. The van der Waals surface area contributed by atoms with Gasteiger partial charge in [0.2, 0.25) is 0 Å². The summed E-state index contributed by atoms with van der Waals surface area (Å²) < 4.78 is 0. The Labute approximate surface area is 57.1 Å². The van der Waals surface area contributed by atoms with Gasteiger partial charge in [-0.2, -0.15) is 10.5 Å². The van der Waals surface area contributed by atoms with E-state index in [2.05, 4.69) is 0 Å². The van der Waals surface area contributed by atoms with E-state index >= 15 is 0 Å². The zero-order chi connectivity index (χ0) is 5.41. The zero-order valence-electron chi connectivity index (χ0n) is 4.23. The van der Waals surface area contributed by atoms with Crippen molar-refractivity contribution < 1.29 is 20.1 Å². The van der Waals surface area contributed by atoms with Gasteiger partial charge in [-0.15, -0.1) is 0 Å². The van der Waals surface area contributed by atoms with E-state index in [0.717, 1.165) is 0 Å². The molecule has 0 N–H and O–H groups in total. The van der Waals surface area contributed by atoms with Crippen molar-refractivity contribution in [2.45, 2.75) is 13.8 Å². The summed E-state index contributed by atoms with van der Waals surface area (Å²) in [6.07, 6.45) is 0. The predicted octanol–water partition coefficient (Wildman–Crippen LogP) is 1.06. The average molecular weight is 274 g/mol. The molecule has 0 spiro atoms. The van der Waals surface area contributed by atoms with Crippen LogP contribution in [0.3, 0.4) is 0 Å². The van der Waals surface area contributed by atoms with Crippen molar-refractivity contribution >= 4 is 0 Å². The summed E-state index contributed by atoms with van der Waals surface area (Å²) >= 11 is 0. The molecule has 0 aliphatic rings. The van der Waals surface area contributed by atoms with E-state index in [1.54, 1.807) is 12.1 Å². The minimum atomic E-state index is 0. The van der Waals surface area contributed by atoms with Gasteiger partial charge in [-0.1, -0.05) is 0 Å². The van der Waals surface area contributed by atoms with Gasteiger partial charge >= 0.3 is 0 Å². The molecule has 0 aliphatic heterocycles. The largest absolute Gasteiger partial charge is 0.199 e. The summed E-state index contributed by atoms with van der Waals surface area (Å²) in [5.74, 6) is 0. The van der Waals surface area contributed by atoms with Crippen LogP contribution in [0.25, 0.3) is 0 Å². The molecule has 0 unspecified atom stereocenters. The standard InChI is InChI=1S/2C2H3N.Ir/c2*1-2-3;/h2*1H3;. The first-order chi connectivity index (χ1) is 2.83. The first kappa shape index (κ1) is 15.9. The SMILES string of the molecule is CC#N.CC#N.[Ir]. The van der Waals surface area contributed by atoms with Crippen molar-refractivity contribution in [2.24, 2.45) is 0 Å². The van der Waals surface area contributed by atoms with E-state index in [0.29, 0.717) is 0 Å². The van der Waals surface area contributed by atoms with Gasteiger partial charge in [-0.3, -0.25) is 0 Å². The normalized spacial score (nSPS) is 2.29. The van der Waals surface area contributed by atoms with E-state index in [-0.39, 0.29) is 20.1 Å². The quantitative estimate of drug-likeness (QED) is 0.663. The van der Waals surface area contributed by atoms with Crippen LogP contribution in [-0.4, -0.2) is 0 Å². The van der Waals surface area contributed by atoms with Crippen LogP contribution in [0.5, 0.6) is 0 Å². The second kappa shape index (κ2) is 45.4. The summed E-state index contributed by atoms with van der Waals surface area (Å²) in [6, 6.07) is 3.50. The molecule has 41 valence electrons. The van der Waals surface area contributed by atoms with Crippen molar-refractivity contribution in [3.8, 4) is 12.1 Å². The second-order valence-electron chi connectivity index (χ2n) is 0.447. The third-order valence-electron chi connectivity index (χ3n) is 0. The number of hydrogen-bond donors (Lipinski definition) is 0. The first-order valence-corrected chi connectivity index (χ1v) is 1.45. The number of rotatable bonds is 0. The van der Waals surface area contributed by atoms with Crippen molar-refractivity contribution in [3.63, 3.8) is 0 Å². The van der Waals surface area contributed by atoms with Crippen molar-refractivity contribution in [1.82, 2.24) is 0 Å². The van der Waals surface area contributed by atoms with Gasteiger partial charge in [0.1, 0.15) is 0 Å². The Hall–Kier alpha value is -0.371. The fraction of sp³-hybridized carbons (Fsp3) is 0.500. The molecule has 1 radical (unpaired) electrons. The molecule has 2 nitrogen and oxygen atoms in total. The molecule has 7 heavy (non-hydrogen) atoms. The molecule has 0 aromatic heterocycles. The first-order valence-electron chi connectivity index (χ1n) is 1.45. The van der Waals surface area contributed by atoms with E-state index < -0.39 is 0 Å². The van der Waals surface area contributed by atoms with Gasteiger partial charge in [0.05, 0.1) is 12.1 Å². The smallest absolute Gasteiger partial charge is 0.0587 e. The fourth-order valence-electron chi connectivity index (χ4n) is 0. The molecule has 0 saturated heterocycles. The van der Waals surface area contributed by atoms with Crippen LogP contribution < -0.4 is 0 Å². The summed E-state index contributed by atoms with van der Waals surface area (Å²) in [6.45, 7) is 2.86. The van der Waals surface area contributed by atoms with Gasteiger partial charge in [-0.25, -0.2) is 0 Å². The molecule has 0 rings (SSSR count). The Kier molecular flexibility index (Phi) is 104. The topological polar surface area (TPSA) is 47.6 Å². The average Bonchev–Trinajstić information content (AvgIpc) is 1.39. The van der Waals surface area contributed by atoms with Crippen molar-refractivity contribution in [1.29, 1.82) is 10.5 Å². The maximum atomic E-state index is 7.32. The van der Waals surface area contributed by atoms with Crippen LogP contribution in [0.4, 0.5) is 0 Å². The summed E-state index contributed by atoms with van der Waals surface area (Å²) in [7, 11) is 0. The molecule has 3 heteroatoms. The monoisotopic (exact) mass is 275 g/mol. The maximum Gasteiger partial charge on any atom is 0.0587 e. The molecule has 0 bridgehead atoms. The minimum Gasteiger partial charge on any atom is -0.199 e. The summed E-state index contributed by atoms with van der Waals surface area (Å²) in [5, 5.41) is 14.6. The molecule has 0 heterocycles. The Morgan fingerprint density at radius 2 is 1.00 bits per heavy atom. The molecule has 0 atom stereocenters. The number of nitriles is 2. The van der Waals surface area contributed by atoms with Crippen LogP contribution in [0.15, 0.2) is 0 Å². The summed E-state index contributed by atoms with van der Waals surface area (Å²) in [5.41, 5.74) is 0.